The number of hydrogen-bond donors (Lipinski definition) is 2. The van der Waals surface area contributed by atoms with Gasteiger partial charge in [0.2, 0.25) is 11.8 Å². The van der Waals surface area contributed by atoms with E-state index in [1.54, 1.807) is 0 Å². The molecule has 2 fully saturated rings. The highest BCUT2D eigenvalue weighted by Gasteiger charge is 2.24. The van der Waals surface area contributed by atoms with Gasteiger partial charge in [0.05, 0.1) is 5.92 Å². The highest BCUT2D eigenvalue weighted by Crippen LogP contribution is 2.26. The molecule has 2 aliphatic rings. The molecule has 0 radical (unpaired) electrons. The zero-order chi connectivity index (χ0) is 17.6. The molecule has 1 atom stereocenters. The lowest BCUT2D eigenvalue weighted by molar-refractivity contribution is -0.129. The van der Waals surface area contributed by atoms with Crippen molar-refractivity contribution >= 4 is 17.5 Å². The Balaban J connectivity index is 1.48. The first-order valence-electron chi connectivity index (χ1n) is 9.49. The van der Waals surface area contributed by atoms with Crippen LogP contribution in [0.1, 0.15) is 50.5 Å². The van der Waals surface area contributed by atoms with Gasteiger partial charge in [-0.3, -0.25) is 9.59 Å². The Morgan fingerprint density at radius 2 is 1.88 bits per heavy atom. The van der Waals surface area contributed by atoms with Crippen molar-refractivity contribution in [2.45, 2.75) is 57.5 Å². The summed E-state index contributed by atoms with van der Waals surface area (Å²) in [6.07, 6.45) is 7.69. The van der Waals surface area contributed by atoms with Crippen LogP contribution in [0.3, 0.4) is 0 Å². The molecule has 2 amide bonds. The van der Waals surface area contributed by atoms with Gasteiger partial charge in [0, 0.05) is 38.3 Å². The van der Waals surface area contributed by atoms with Gasteiger partial charge < -0.3 is 15.5 Å². The molecule has 136 valence electrons. The van der Waals surface area contributed by atoms with E-state index in [4.69, 9.17) is 0 Å². The minimum absolute atomic E-state index is 0.0309. The Kier molecular flexibility index (Phi) is 5.95. The maximum absolute atomic E-state index is 12.2. The van der Waals surface area contributed by atoms with Crippen LogP contribution in [0.2, 0.25) is 0 Å². The molecule has 1 saturated carbocycles. The smallest absolute Gasteiger partial charge is 0.225 e. The molecule has 1 aromatic carbocycles. The van der Waals surface area contributed by atoms with Gasteiger partial charge in [-0.05, 0) is 37.0 Å². The van der Waals surface area contributed by atoms with Crippen molar-refractivity contribution in [3.63, 3.8) is 0 Å². The van der Waals surface area contributed by atoms with Crippen LogP contribution < -0.4 is 15.5 Å². The van der Waals surface area contributed by atoms with Gasteiger partial charge in [-0.25, -0.2) is 0 Å². The average molecular weight is 343 g/mol. The van der Waals surface area contributed by atoms with Gasteiger partial charge >= 0.3 is 0 Å². The molecule has 5 nitrogen and oxygen atoms in total. The Hall–Kier alpha value is -2.04. The van der Waals surface area contributed by atoms with Crippen molar-refractivity contribution in [2.24, 2.45) is 5.92 Å². The standard InChI is InChI=1S/C20H29N3O2/c1-23(17-5-3-2-4-6-17)18-10-7-15(8-11-18)13-22-20(25)16-9-12-19(24)21-14-16/h7-8,10-11,16-17H,2-6,9,12-14H2,1H3,(H,21,24)(H,22,25)/t16-/m1/s1. The molecule has 0 bridgehead atoms. The lowest BCUT2D eigenvalue weighted by atomic mass is 9.94. The second-order valence-electron chi connectivity index (χ2n) is 7.33. The van der Waals surface area contributed by atoms with Gasteiger partial charge in [-0.2, -0.15) is 0 Å². The molecule has 1 aliphatic carbocycles. The lowest BCUT2D eigenvalue weighted by Gasteiger charge is -2.33. The Labute approximate surface area is 150 Å². The van der Waals surface area contributed by atoms with Crippen molar-refractivity contribution in [1.29, 1.82) is 0 Å². The Morgan fingerprint density at radius 3 is 2.52 bits per heavy atom. The molecular formula is C20H29N3O2. The highest BCUT2D eigenvalue weighted by atomic mass is 16.2. The van der Waals surface area contributed by atoms with E-state index in [1.165, 1.54) is 37.8 Å². The molecule has 1 saturated heterocycles. The number of carbonyl (C=O) groups excluding carboxylic acids is 2. The summed E-state index contributed by atoms with van der Waals surface area (Å²) in [7, 11) is 2.18. The van der Waals surface area contributed by atoms with E-state index in [0.717, 1.165) is 5.56 Å². The van der Waals surface area contributed by atoms with Gasteiger partial charge in [-0.15, -0.1) is 0 Å². The lowest BCUT2D eigenvalue weighted by Crippen LogP contribution is -2.42. The summed E-state index contributed by atoms with van der Waals surface area (Å²) in [5, 5.41) is 5.75. The first kappa shape index (κ1) is 17.8. The zero-order valence-corrected chi connectivity index (χ0v) is 15.1. The molecule has 25 heavy (non-hydrogen) atoms. The average Bonchev–Trinajstić information content (AvgIpc) is 2.67. The van der Waals surface area contributed by atoms with Crippen LogP contribution in [0.25, 0.3) is 0 Å². The molecule has 2 N–H and O–H groups in total. The van der Waals surface area contributed by atoms with E-state index in [1.807, 2.05) is 0 Å². The van der Waals surface area contributed by atoms with E-state index < -0.39 is 0 Å². The van der Waals surface area contributed by atoms with Crippen LogP contribution in [0.4, 0.5) is 5.69 Å². The summed E-state index contributed by atoms with van der Waals surface area (Å²) in [4.78, 5) is 25.7. The minimum Gasteiger partial charge on any atom is -0.372 e. The van der Waals surface area contributed by atoms with Gasteiger partial charge in [0.25, 0.3) is 0 Å². The third-order valence-corrected chi connectivity index (χ3v) is 5.57. The predicted molar refractivity (Wildman–Crippen MR) is 99.3 cm³/mol. The first-order chi connectivity index (χ1) is 12.1. The molecule has 0 aromatic heterocycles. The number of rotatable bonds is 5. The third-order valence-electron chi connectivity index (χ3n) is 5.57. The normalized spacial score (nSPS) is 21.5. The highest BCUT2D eigenvalue weighted by molar-refractivity contribution is 5.83. The van der Waals surface area contributed by atoms with Gasteiger partial charge in [-0.1, -0.05) is 31.4 Å². The second kappa shape index (κ2) is 8.37. The first-order valence-corrected chi connectivity index (χ1v) is 9.49. The van der Waals surface area contributed by atoms with Crippen molar-refractivity contribution in [2.75, 3.05) is 18.5 Å². The van der Waals surface area contributed by atoms with Crippen molar-refractivity contribution < 1.29 is 9.59 Å². The van der Waals surface area contributed by atoms with Crippen LogP contribution in [-0.2, 0) is 16.1 Å². The van der Waals surface area contributed by atoms with Crippen molar-refractivity contribution in [1.82, 2.24) is 10.6 Å². The quantitative estimate of drug-likeness (QED) is 0.864. The van der Waals surface area contributed by atoms with E-state index in [0.29, 0.717) is 32.0 Å². The van der Waals surface area contributed by atoms with Crippen LogP contribution in [0.5, 0.6) is 0 Å². The number of nitrogens with one attached hydrogen (secondary N) is 2. The van der Waals surface area contributed by atoms with Crippen LogP contribution >= 0.6 is 0 Å². The fourth-order valence-electron chi connectivity index (χ4n) is 3.82. The van der Waals surface area contributed by atoms with Gasteiger partial charge in [0.15, 0.2) is 0 Å². The maximum atomic E-state index is 12.2. The minimum atomic E-state index is -0.102. The molecule has 0 unspecified atom stereocenters. The number of amides is 2. The number of benzene rings is 1. The monoisotopic (exact) mass is 343 g/mol. The molecule has 3 rings (SSSR count). The fourth-order valence-corrected chi connectivity index (χ4v) is 3.82. The molecule has 5 heteroatoms. The zero-order valence-electron chi connectivity index (χ0n) is 15.1. The largest absolute Gasteiger partial charge is 0.372 e. The predicted octanol–water partition coefficient (Wildman–Crippen LogP) is 2.60. The van der Waals surface area contributed by atoms with Crippen LogP contribution in [-0.4, -0.2) is 31.4 Å². The van der Waals surface area contributed by atoms with E-state index in [9.17, 15) is 9.59 Å². The van der Waals surface area contributed by atoms with E-state index in [-0.39, 0.29) is 17.7 Å². The number of nitrogens with zero attached hydrogens (tertiary/aromatic N) is 1. The van der Waals surface area contributed by atoms with Crippen molar-refractivity contribution in [3.8, 4) is 0 Å². The maximum Gasteiger partial charge on any atom is 0.225 e. The molecule has 0 spiro atoms. The Morgan fingerprint density at radius 1 is 1.16 bits per heavy atom. The molecular weight excluding hydrogens is 314 g/mol. The summed E-state index contributed by atoms with van der Waals surface area (Å²) in [6.45, 7) is 0.993. The van der Waals surface area contributed by atoms with E-state index in [2.05, 4.69) is 46.8 Å². The summed E-state index contributed by atoms with van der Waals surface area (Å²) >= 11 is 0. The van der Waals surface area contributed by atoms with Crippen molar-refractivity contribution in [3.05, 3.63) is 29.8 Å². The molecule has 1 aromatic rings. The topological polar surface area (TPSA) is 61.4 Å². The fraction of sp³-hybridized carbons (Fsp3) is 0.600. The third kappa shape index (κ3) is 4.74. The molecule has 1 heterocycles. The summed E-state index contributed by atoms with van der Waals surface area (Å²) in [5.41, 5.74) is 2.35. The number of carbonyl (C=O) groups is 2. The second-order valence-corrected chi connectivity index (χ2v) is 7.33. The SMILES string of the molecule is CN(c1ccc(CNC(=O)[C@@H]2CCC(=O)NC2)cc1)C1CCCCC1. The van der Waals surface area contributed by atoms with Gasteiger partial charge in [0.1, 0.15) is 0 Å². The molecule has 1 aliphatic heterocycles. The number of hydrogen-bond acceptors (Lipinski definition) is 3. The number of piperidine rings is 1. The van der Waals surface area contributed by atoms with Crippen LogP contribution in [0, 0.1) is 5.92 Å². The van der Waals surface area contributed by atoms with Crippen LogP contribution in [0.15, 0.2) is 24.3 Å². The Bertz CT molecular complexity index is 583. The summed E-state index contributed by atoms with van der Waals surface area (Å²) < 4.78 is 0. The van der Waals surface area contributed by atoms with E-state index >= 15 is 0 Å². The summed E-state index contributed by atoms with van der Waals surface area (Å²) in [5.74, 6) is -0.0282. The number of anilines is 1. The summed E-state index contributed by atoms with van der Waals surface area (Å²) in [6, 6.07) is 9.14.